The second-order valence-corrected chi connectivity index (χ2v) is 11.6. The molecule has 0 aliphatic heterocycles. The largest absolute Gasteiger partial charge is 0.497 e. The minimum absolute atomic E-state index is 0.122. The average Bonchev–Trinajstić information content (AvgIpc) is 3.16. The van der Waals surface area contributed by atoms with Gasteiger partial charge in [-0.25, -0.2) is 4.99 Å². The first-order valence-corrected chi connectivity index (χ1v) is 14.0. The molecular weight excluding hydrogens is 446 g/mol. The lowest BCUT2D eigenvalue weighted by atomic mass is 9.54. The van der Waals surface area contributed by atoms with Crippen molar-refractivity contribution in [1.82, 2.24) is 0 Å². The number of Topliss-reactive ketones (excluding diaryl/α,β-unsaturated/α-hetero) is 1. The maximum absolute atomic E-state index is 13.3. The molecule has 192 valence electrons. The molecule has 3 aliphatic carbocycles. The maximum atomic E-state index is 13.3. The number of benzene rings is 2. The molecule has 0 heterocycles. The summed E-state index contributed by atoms with van der Waals surface area (Å²) in [5, 5.41) is 10.2. The smallest absolute Gasteiger partial charge is 0.332 e. The number of ketones is 1. The van der Waals surface area contributed by atoms with Gasteiger partial charge in [-0.15, -0.1) is 0 Å². The van der Waals surface area contributed by atoms with Gasteiger partial charge >= 0.3 is 5.90 Å². The lowest BCUT2D eigenvalue weighted by Gasteiger charge is -2.50. The lowest BCUT2D eigenvalue weighted by Crippen LogP contribution is -2.71. The van der Waals surface area contributed by atoms with Crippen LogP contribution in [-0.4, -0.2) is 23.9 Å². The van der Waals surface area contributed by atoms with E-state index in [-0.39, 0.29) is 5.41 Å². The van der Waals surface area contributed by atoms with E-state index < -0.39 is 0 Å². The zero-order valence-corrected chi connectivity index (χ0v) is 22.0. The number of fused-ring (bicyclic) bond motifs is 5. The number of aryl methyl sites for hydroxylation is 1. The van der Waals surface area contributed by atoms with Crippen LogP contribution in [0.5, 0.6) is 5.75 Å². The zero-order valence-electron chi connectivity index (χ0n) is 22.0. The molecule has 0 spiro atoms. The number of carbonyl (C=O) groups excluding carboxylic acids is 1. The molecule has 4 nitrogen and oxygen atoms in total. The molecular formula is C32H42NO3+. The van der Waals surface area contributed by atoms with Gasteiger partial charge in [0, 0.05) is 17.4 Å². The highest BCUT2D eigenvalue weighted by atomic mass is 16.5. The summed E-state index contributed by atoms with van der Waals surface area (Å²) in [6, 6.07) is 16.8. The highest BCUT2D eigenvalue weighted by Gasteiger charge is 2.58. The zero-order chi connectivity index (χ0) is 25.1. The molecule has 5 rings (SSSR count). The van der Waals surface area contributed by atoms with Crippen molar-refractivity contribution in [3.05, 3.63) is 65.2 Å². The third kappa shape index (κ3) is 4.96. The van der Waals surface area contributed by atoms with E-state index in [1.807, 2.05) is 18.2 Å². The number of rotatable bonds is 9. The van der Waals surface area contributed by atoms with Crippen LogP contribution in [-0.2, 0) is 17.8 Å². The van der Waals surface area contributed by atoms with Crippen LogP contribution < -0.4 is 9.73 Å². The SMILES string of the molecule is COc1ccc2c(c1)CC[C@H]1[C@@H]3[C@H](CCCCCC(O)=[NH+]Cc4ccccc4)CC(=O)[C@@]3(C)CC[C@H]21. The second kappa shape index (κ2) is 10.8. The van der Waals surface area contributed by atoms with Gasteiger partial charge < -0.3 is 9.84 Å². The lowest BCUT2D eigenvalue weighted by molar-refractivity contribution is -0.485. The summed E-state index contributed by atoms with van der Waals surface area (Å²) >= 11 is 0. The Hall–Kier alpha value is -2.62. The van der Waals surface area contributed by atoms with Gasteiger partial charge in [0.25, 0.3) is 0 Å². The highest BCUT2D eigenvalue weighted by molar-refractivity contribution is 5.87. The number of carbonyl (C=O) groups is 1. The van der Waals surface area contributed by atoms with Crippen molar-refractivity contribution in [1.29, 1.82) is 0 Å². The summed E-state index contributed by atoms with van der Waals surface area (Å²) in [7, 11) is 1.74. The molecule has 0 amide bonds. The van der Waals surface area contributed by atoms with Gasteiger partial charge in [0.05, 0.1) is 13.5 Å². The first-order valence-electron chi connectivity index (χ1n) is 14.0. The van der Waals surface area contributed by atoms with Crippen molar-refractivity contribution in [2.75, 3.05) is 7.11 Å². The summed E-state index contributed by atoms with van der Waals surface area (Å²) in [5.41, 5.74) is 4.02. The van der Waals surface area contributed by atoms with Crippen LogP contribution >= 0.6 is 0 Å². The van der Waals surface area contributed by atoms with Crippen molar-refractivity contribution < 1.29 is 19.6 Å². The number of ether oxygens (including phenoxy) is 1. The quantitative estimate of drug-likeness (QED) is 0.277. The third-order valence-electron chi connectivity index (χ3n) is 9.61. The third-order valence-corrected chi connectivity index (χ3v) is 9.61. The number of nitrogens with one attached hydrogen (secondary N) is 1. The molecule has 0 saturated heterocycles. The van der Waals surface area contributed by atoms with E-state index in [9.17, 15) is 9.90 Å². The molecule has 3 aliphatic rings. The van der Waals surface area contributed by atoms with E-state index >= 15 is 0 Å². The molecule has 0 radical (unpaired) electrons. The molecule has 2 fully saturated rings. The van der Waals surface area contributed by atoms with E-state index in [2.05, 4.69) is 42.2 Å². The van der Waals surface area contributed by atoms with E-state index in [1.165, 1.54) is 23.1 Å². The van der Waals surface area contributed by atoms with Gasteiger partial charge in [0.1, 0.15) is 11.5 Å². The highest BCUT2D eigenvalue weighted by Crippen LogP contribution is 2.62. The minimum Gasteiger partial charge on any atom is -0.497 e. The molecule has 2 saturated carbocycles. The van der Waals surface area contributed by atoms with Gasteiger partial charge in [-0.1, -0.05) is 56.2 Å². The number of aliphatic hydroxyl groups is 1. The molecule has 5 atom stereocenters. The summed E-state index contributed by atoms with van der Waals surface area (Å²) in [5.74, 6) is 4.12. The Balaban J connectivity index is 1.17. The molecule has 0 bridgehead atoms. The molecule has 36 heavy (non-hydrogen) atoms. The van der Waals surface area contributed by atoms with Gasteiger partial charge in [0.15, 0.2) is 6.54 Å². The number of hydrogen-bond donors (Lipinski definition) is 2. The fourth-order valence-electron chi connectivity index (χ4n) is 7.77. The van der Waals surface area contributed by atoms with E-state index in [0.29, 0.717) is 48.3 Å². The normalized spacial score (nSPS) is 29.4. The first kappa shape index (κ1) is 25.0. The standard InChI is InChI=1S/C32H41NO3/c1-32-18-17-27-26-16-14-25(36-2)19-23(26)13-15-28(27)31(32)24(20-29(32)34)11-7-4-8-12-30(35)33-21-22-9-5-3-6-10-22/h3,5-6,9-10,14,16,19,24,27-28,31H,4,7-8,11-13,15,17-18,20-21H2,1-2H3,(H,33,35)/p+1/t24-,27-,28-,31+,32-/m1/s1. The fraction of sp³-hybridized carbons (Fsp3) is 0.562. The number of hydrogen-bond acceptors (Lipinski definition) is 2. The van der Waals surface area contributed by atoms with Crippen LogP contribution in [0.25, 0.3) is 0 Å². The molecule has 4 heteroatoms. The Bertz CT molecular complexity index is 1090. The van der Waals surface area contributed by atoms with Crippen LogP contribution in [0.2, 0.25) is 0 Å². The Kier molecular flexibility index (Phi) is 7.50. The van der Waals surface area contributed by atoms with Crippen LogP contribution in [0.3, 0.4) is 0 Å². The summed E-state index contributed by atoms with van der Waals surface area (Å²) in [6.45, 7) is 2.95. The molecule has 2 aromatic carbocycles. The maximum Gasteiger partial charge on any atom is 0.332 e. The Morgan fingerprint density at radius 1 is 1.11 bits per heavy atom. The van der Waals surface area contributed by atoms with Crippen LogP contribution in [0.15, 0.2) is 48.5 Å². The van der Waals surface area contributed by atoms with Crippen LogP contribution in [0.1, 0.15) is 87.3 Å². The predicted octanol–water partition coefficient (Wildman–Crippen LogP) is 5.53. The van der Waals surface area contributed by atoms with Gasteiger partial charge in [0.2, 0.25) is 0 Å². The molecule has 0 unspecified atom stereocenters. The van der Waals surface area contributed by atoms with Crippen molar-refractivity contribution >= 4 is 11.7 Å². The fourth-order valence-corrected chi connectivity index (χ4v) is 7.77. The minimum atomic E-state index is -0.122. The monoisotopic (exact) mass is 488 g/mol. The second-order valence-electron chi connectivity index (χ2n) is 11.6. The van der Waals surface area contributed by atoms with Crippen molar-refractivity contribution in [2.24, 2.45) is 23.2 Å². The number of methoxy groups -OCH3 is 1. The predicted molar refractivity (Wildman–Crippen MR) is 143 cm³/mol. The Labute approximate surface area is 216 Å². The molecule has 2 N–H and O–H groups in total. The topological polar surface area (TPSA) is 60.5 Å². The summed E-state index contributed by atoms with van der Waals surface area (Å²) in [4.78, 5) is 16.4. The Morgan fingerprint density at radius 2 is 1.94 bits per heavy atom. The van der Waals surface area contributed by atoms with Crippen LogP contribution in [0.4, 0.5) is 0 Å². The molecule has 0 aromatic heterocycles. The van der Waals surface area contributed by atoms with Crippen molar-refractivity contribution in [3.8, 4) is 5.75 Å². The molecule has 2 aromatic rings. The van der Waals surface area contributed by atoms with Crippen molar-refractivity contribution in [2.45, 2.75) is 83.6 Å². The summed E-state index contributed by atoms with van der Waals surface area (Å²) < 4.78 is 5.48. The van der Waals surface area contributed by atoms with Gasteiger partial charge in [-0.05, 0) is 85.5 Å². The van der Waals surface area contributed by atoms with E-state index in [4.69, 9.17) is 4.74 Å². The average molecular weight is 489 g/mol. The van der Waals surface area contributed by atoms with Gasteiger partial charge in [-0.2, -0.15) is 0 Å². The van der Waals surface area contributed by atoms with Gasteiger partial charge in [-0.3, -0.25) is 4.79 Å². The van der Waals surface area contributed by atoms with E-state index in [1.54, 1.807) is 7.11 Å². The Morgan fingerprint density at radius 3 is 2.75 bits per heavy atom. The van der Waals surface area contributed by atoms with Crippen molar-refractivity contribution in [3.63, 3.8) is 0 Å². The number of unbranched alkanes of at least 4 members (excludes halogenated alkanes) is 2. The first-order chi connectivity index (χ1) is 17.5. The van der Waals surface area contributed by atoms with E-state index in [0.717, 1.165) is 57.1 Å². The van der Waals surface area contributed by atoms with Crippen LogP contribution in [0, 0.1) is 23.2 Å². The summed E-state index contributed by atoms with van der Waals surface area (Å²) in [6.07, 6.45) is 10.3. The number of aliphatic hydroxyl groups excluding tert-OH is 1.